The molecule has 0 unspecified atom stereocenters. The summed E-state index contributed by atoms with van der Waals surface area (Å²) < 4.78 is 3.00. The molecule has 0 saturated heterocycles. The molecule has 0 spiro atoms. The standard InChI is InChI=1S/C7H4Br2N4O2S/c8-4-1-3(6(9)16-4)7-10-11-12-13(7)2-5(14)15/h1H,2H2,(H,14,15). The molecule has 0 aliphatic heterocycles. The number of carbonyl (C=O) groups is 1. The number of nitrogens with zero attached hydrogens (tertiary/aromatic N) is 4. The SMILES string of the molecule is O=C(O)Cn1nnnc1-c1cc(Br)sc1Br. The van der Waals surface area contributed by atoms with E-state index in [1.165, 1.54) is 16.0 Å². The van der Waals surface area contributed by atoms with Gasteiger partial charge in [0.25, 0.3) is 0 Å². The van der Waals surface area contributed by atoms with Gasteiger partial charge in [-0.2, -0.15) is 0 Å². The topological polar surface area (TPSA) is 80.9 Å². The maximum atomic E-state index is 10.6. The van der Waals surface area contributed by atoms with Crippen molar-refractivity contribution in [3.05, 3.63) is 13.6 Å². The molecule has 16 heavy (non-hydrogen) atoms. The van der Waals surface area contributed by atoms with Crippen molar-refractivity contribution in [1.29, 1.82) is 0 Å². The van der Waals surface area contributed by atoms with Crippen LogP contribution in [0.5, 0.6) is 0 Å². The molecule has 2 aromatic rings. The maximum Gasteiger partial charge on any atom is 0.325 e. The van der Waals surface area contributed by atoms with Gasteiger partial charge in [0.05, 0.1) is 7.57 Å². The van der Waals surface area contributed by atoms with Crippen molar-refractivity contribution < 1.29 is 9.90 Å². The van der Waals surface area contributed by atoms with Crippen LogP contribution in [0.15, 0.2) is 13.6 Å². The lowest BCUT2D eigenvalue weighted by atomic mass is 10.3. The van der Waals surface area contributed by atoms with Gasteiger partial charge in [0, 0.05) is 5.56 Å². The molecular formula is C7H4Br2N4O2S. The molecule has 0 radical (unpaired) electrons. The van der Waals surface area contributed by atoms with Crippen LogP contribution in [-0.2, 0) is 11.3 Å². The van der Waals surface area contributed by atoms with Gasteiger partial charge in [-0.05, 0) is 48.4 Å². The summed E-state index contributed by atoms with van der Waals surface area (Å²) >= 11 is 8.18. The molecular weight excluding hydrogens is 364 g/mol. The van der Waals surface area contributed by atoms with Crippen molar-refractivity contribution in [1.82, 2.24) is 20.2 Å². The van der Waals surface area contributed by atoms with Crippen molar-refractivity contribution in [2.24, 2.45) is 0 Å². The van der Waals surface area contributed by atoms with E-state index >= 15 is 0 Å². The fourth-order valence-corrected chi connectivity index (χ4v) is 3.91. The first-order chi connectivity index (χ1) is 7.58. The number of carboxylic acids is 1. The number of rotatable bonds is 3. The van der Waals surface area contributed by atoms with E-state index in [0.717, 1.165) is 13.1 Å². The molecule has 6 nitrogen and oxygen atoms in total. The fourth-order valence-electron chi connectivity index (χ4n) is 1.12. The van der Waals surface area contributed by atoms with E-state index in [4.69, 9.17) is 5.11 Å². The molecule has 2 rings (SSSR count). The third-order valence-electron chi connectivity index (χ3n) is 1.71. The van der Waals surface area contributed by atoms with Gasteiger partial charge in [-0.3, -0.25) is 4.79 Å². The molecule has 2 aromatic heterocycles. The van der Waals surface area contributed by atoms with Crippen LogP contribution in [0.1, 0.15) is 0 Å². The summed E-state index contributed by atoms with van der Waals surface area (Å²) in [6.07, 6.45) is 0. The van der Waals surface area contributed by atoms with E-state index in [1.807, 2.05) is 6.07 Å². The second-order valence-corrected chi connectivity index (χ2v) is 6.54. The van der Waals surface area contributed by atoms with Crippen LogP contribution in [0.2, 0.25) is 0 Å². The summed E-state index contributed by atoms with van der Waals surface area (Å²) in [7, 11) is 0. The number of tetrazole rings is 1. The minimum atomic E-state index is -0.987. The molecule has 0 atom stereocenters. The van der Waals surface area contributed by atoms with Gasteiger partial charge in [0.2, 0.25) is 0 Å². The van der Waals surface area contributed by atoms with Gasteiger partial charge < -0.3 is 5.11 Å². The highest BCUT2D eigenvalue weighted by Crippen LogP contribution is 2.37. The summed E-state index contributed by atoms with van der Waals surface area (Å²) in [6.45, 7) is -0.262. The Kier molecular flexibility index (Phi) is 3.36. The Bertz CT molecular complexity index is 538. The van der Waals surface area contributed by atoms with E-state index in [2.05, 4.69) is 47.4 Å². The normalized spacial score (nSPS) is 10.6. The van der Waals surface area contributed by atoms with Crippen LogP contribution in [0, 0.1) is 0 Å². The number of hydrogen-bond acceptors (Lipinski definition) is 5. The van der Waals surface area contributed by atoms with Crippen molar-refractivity contribution in [3.8, 4) is 11.4 Å². The molecule has 2 heterocycles. The summed E-state index contributed by atoms with van der Waals surface area (Å²) in [5, 5.41) is 19.6. The van der Waals surface area contributed by atoms with Gasteiger partial charge in [0.15, 0.2) is 5.82 Å². The van der Waals surface area contributed by atoms with Crippen molar-refractivity contribution in [3.63, 3.8) is 0 Å². The molecule has 0 aromatic carbocycles. The number of aromatic nitrogens is 4. The maximum absolute atomic E-state index is 10.6. The summed E-state index contributed by atoms with van der Waals surface area (Å²) in [4.78, 5) is 10.6. The largest absolute Gasteiger partial charge is 0.480 e. The Labute approximate surface area is 111 Å². The lowest BCUT2D eigenvalue weighted by Gasteiger charge is -1.99. The van der Waals surface area contributed by atoms with Crippen LogP contribution in [0.3, 0.4) is 0 Å². The van der Waals surface area contributed by atoms with Crippen LogP contribution < -0.4 is 0 Å². The van der Waals surface area contributed by atoms with Gasteiger partial charge in [0.1, 0.15) is 6.54 Å². The molecule has 1 N–H and O–H groups in total. The number of halogens is 2. The molecule has 0 bridgehead atoms. The second-order valence-electron chi connectivity index (χ2n) is 2.79. The highest BCUT2D eigenvalue weighted by atomic mass is 79.9. The lowest BCUT2D eigenvalue weighted by Crippen LogP contribution is -2.11. The average Bonchev–Trinajstić information content (AvgIpc) is 2.72. The highest BCUT2D eigenvalue weighted by molar-refractivity contribution is 9.12. The van der Waals surface area contributed by atoms with Gasteiger partial charge in [-0.15, -0.1) is 16.4 Å². The average molecular weight is 368 g/mol. The van der Waals surface area contributed by atoms with E-state index < -0.39 is 5.97 Å². The lowest BCUT2D eigenvalue weighted by molar-refractivity contribution is -0.137. The Morgan fingerprint density at radius 1 is 1.56 bits per heavy atom. The van der Waals surface area contributed by atoms with Gasteiger partial charge in [-0.25, -0.2) is 4.68 Å². The molecule has 9 heteroatoms. The van der Waals surface area contributed by atoms with Crippen molar-refractivity contribution >= 4 is 49.2 Å². The zero-order valence-corrected chi connectivity index (χ0v) is 11.6. The Hall–Kier alpha value is -0.800. The quantitative estimate of drug-likeness (QED) is 0.897. The molecule has 84 valence electrons. The summed E-state index contributed by atoms with van der Waals surface area (Å²) in [6, 6.07) is 1.83. The van der Waals surface area contributed by atoms with E-state index in [0.29, 0.717) is 5.82 Å². The van der Waals surface area contributed by atoms with Gasteiger partial charge in [-0.1, -0.05) is 0 Å². The van der Waals surface area contributed by atoms with Crippen LogP contribution in [-0.4, -0.2) is 31.3 Å². The number of hydrogen-bond donors (Lipinski definition) is 1. The molecule has 0 amide bonds. The predicted molar refractivity (Wildman–Crippen MR) is 64.2 cm³/mol. The summed E-state index contributed by atoms with van der Waals surface area (Å²) in [5.74, 6) is -0.560. The van der Waals surface area contributed by atoms with Crippen LogP contribution in [0.25, 0.3) is 11.4 Å². The number of carboxylic acid groups (broad SMARTS) is 1. The van der Waals surface area contributed by atoms with E-state index in [-0.39, 0.29) is 6.54 Å². The second kappa shape index (κ2) is 4.60. The monoisotopic (exact) mass is 366 g/mol. The first-order valence-electron chi connectivity index (χ1n) is 4.01. The Balaban J connectivity index is 2.44. The smallest absolute Gasteiger partial charge is 0.325 e. The van der Waals surface area contributed by atoms with Crippen LogP contribution >= 0.6 is 43.2 Å². The van der Waals surface area contributed by atoms with Crippen molar-refractivity contribution in [2.45, 2.75) is 6.54 Å². The van der Waals surface area contributed by atoms with Gasteiger partial charge >= 0.3 is 5.97 Å². The van der Waals surface area contributed by atoms with E-state index in [1.54, 1.807) is 0 Å². The summed E-state index contributed by atoms with van der Waals surface area (Å²) in [5.41, 5.74) is 0.767. The third-order valence-corrected chi connectivity index (χ3v) is 4.05. The minimum absolute atomic E-state index is 0.262. The first-order valence-corrected chi connectivity index (χ1v) is 6.41. The predicted octanol–water partition coefficient (Wildman–Crippen LogP) is 2.01. The van der Waals surface area contributed by atoms with Crippen LogP contribution in [0.4, 0.5) is 0 Å². The Morgan fingerprint density at radius 2 is 2.31 bits per heavy atom. The Morgan fingerprint density at radius 3 is 2.88 bits per heavy atom. The van der Waals surface area contributed by atoms with E-state index in [9.17, 15) is 4.79 Å². The molecule has 0 fully saturated rings. The molecule has 0 aliphatic rings. The number of thiophene rings is 1. The van der Waals surface area contributed by atoms with Crippen molar-refractivity contribution in [2.75, 3.05) is 0 Å². The number of aliphatic carboxylic acids is 1. The fraction of sp³-hybridized carbons (Fsp3) is 0.143. The highest BCUT2D eigenvalue weighted by Gasteiger charge is 2.16. The molecule has 0 saturated carbocycles. The third kappa shape index (κ3) is 2.30. The first kappa shape index (κ1) is 11.7. The zero-order chi connectivity index (χ0) is 11.7. The zero-order valence-electron chi connectivity index (χ0n) is 7.59. The molecule has 0 aliphatic carbocycles. The minimum Gasteiger partial charge on any atom is -0.480 e.